The first kappa shape index (κ1) is 13.5. The van der Waals surface area contributed by atoms with Gasteiger partial charge in [-0.2, -0.15) is 0 Å². The molecule has 1 saturated heterocycles. The first-order valence-electron chi connectivity index (χ1n) is 6.03. The number of pyridine rings is 1. The van der Waals surface area contributed by atoms with Gasteiger partial charge in [0.1, 0.15) is 0 Å². The van der Waals surface area contributed by atoms with E-state index >= 15 is 0 Å². The molecule has 0 bridgehead atoms. The second-order valence-electron chi connectivity index (χ2n) is 4.32. The summed E-state index contributed by atoms with van der Waals surface area (Å²) in [6, 6.07) is 3.51. The van der Waals surface area contributed by atoms with E-state index in [-0.39, 0.29) is 12.5 Å². The fourth-order valence-electron chi connectivity index (χ4n) is 1.88. The molecule has 6 heteroatoms. The van der Waals surface area contributed by atoms with Crippen molar-refractivity contribution < 1.29 is 19.1 Å². The van der Waals surface area contributed by atoms with Gasteiger partial charge in [-0.05, 0) is 19.1 Å². The SMILES string of the molecule is COC(=O)C1CN(C(=O)c2ccc(C)nc2)CCO1. The lowest BCUT2D eigenvalue weighted by molar-refractivity contribution is -0.158. The number of esters is 1. The molecule has 1 amide bonds. The van der Waals surface area contributed by atoms with E-state index in [1.807, 2.05) is 6.92 Å². The van der Waals surface area contributed by atoms with E-state index in [9.17, 15) is 9.59 Å². The Morgan fingerprint density at radius 3 is 2.89 bits per heavy atom. The maximum absolute atomic E-state index is 12.2. The van der Waals surface area contributed by atoms with Gasteiger partial charge in [-0.25, -0.2) is 4.79 Å². The van der Waals surface area contributed by atoms with Crippen LogP contribution in [0.15, 0.2) is 18.3 Å². The van der Waals surface area contributed by atoms with E-state index in [0.717, 1.165) is 5.69 Å². The van der Waals surface area contributed by atoms with E-state index < -0.39 is 12.1 Å². The number of rotatable bonds is 2. The molecule has 0 spiro atoms. The molecule has 0 aromatic carbocycles. The summed E-state index contributed by atoms with van der Waals surface area (Å²) in [7, 11) is 1.30. The summed E-state index contributed by atoms with van der Waals surface area (Å²) in [5.41, 5.74) is 1.36. The van der Waals surface area contributed by atoms with E-state index in [0.29, 0.717) is 18.7 Å². The summed E-state index contributed by atoms with van der Waals surface area (Å²) < 4.78 is 9.91. The molecule has 2 rings (SSSR count). The molecule has 1 fully saturated rings. The van der Waals surface area contributed by atoms with Gasteiger partial charge in [0.25, 0.3) is 5.91 Å². The smallest absolute Gasteiger partial charge is 0.336 e. The number of aromatic nitrogens is 1. The molecule has 1 aromatic heterocycles. The quantitative estimate of drug-likeness (QED) is 0.723. The molecule has 1 atom stereocenters. The molecule has 102 valence electrons. The molecule has 0 radical (unpaired) electrons. The van der Waals surface area contributed by atoms with Crippen LogP contribution in [0.3, 0.4) is 0 Å². The highest BCUT2D eigenvalue weighted by Crippen LogP contribution is 2.11. The highest BCUT2D eigenvalue weighted by molar-refractivity contribution is 5.94. The maximum Gasteiger partial charge on any atom is 0.336 e. The van der Waals surface area contributed by atoms with Crippen molar-refractivity contribution in [2.75, 3.05) is 26.8 Å². The predicted octanol–water partition coefficient (Wildman–Crippen LogP) is 0.404. The number of aryl methyl sites for hydroxylation is 1. The van der Waals surface area contributed by atoms with Crippen LogP contribution >= 0.6 is 0 Å². The molecule has 1 unspecified atom stereocenters. The predicted molar refractivity (Wildman–Crippen MR) is 66.6 cm³/mol. The largest absolute Gasteiger partial charge is 0.467 e. The average molecular weight is 264 g/mol. The maximum atomic E-state index is 12.2. The topological polar surface area (TPSA) is 68.7 Å². The van der Waals surface area contributed by atoms with Crippen molar-refractivity contribution >= 4 is 11.9 Å². The lowest BCUT2D eigenvalue weighted by Crippen LogP contribution is -2.48. The summed E-state index contributed by atoms with van der Waals surface area (Å²) in [5.74, 6) is -0.607. The van der Waals surface area contributed by atoms with Crippen molar-refractivity contribution in [2.24, 2.45) is 0 Å². The van der Waals surface area contributed by atoms with Crippen molar-refractivity contribution in [3.63, 3.8) is 0 Å². The Hall–Kier alpha value is -1.95. The summed E-state index contributed by atoms with van der Waals surface area (Å²) >= 11 is 0. The van der Waals surface area contributed by atoms with Crippen LogP contribution < -0.4 is 0 Å². The molecule has 1 aliphatic heterocycles. The molecule has 6 nitrogen and oxygen atoms in total. The lowest BCUT2D eigenvalue weighted by Gasteiger charge is -2.31. The van der Waals surface area contributed by atoms with Crippen LogP contribution in [0.1, 0.15) is 16.1 Å². The first-order valence-corrected chi connectivity index (χ1v) is 6.03. The van der Waals surface area contributed by atoms with Crippen LogP contribution in [-0.2, 0) is 14.3 Å². The third-order valence-corrected chi connectivity index (χ3v) is 2.98. The number of carbonyl (C=O) groups is 2. The van der Waals surface area contributed by atoms with Gasteiger partial charge in [0.2, 0.25) is 0 Å². The minimum Gasteiger partial charge on any atom is -0.467 e. The second-order valence-corrected chi connectivity index (χ2v) is 4.32. The Labute approximate surface area is 111 Å². The molecule has 1 aliphatic rings. The van der Waals surface area contributed by atoms with Crippen molar-refractivity contribution in [2.45, 2.75) is 13.0 Å². The Morgan fingerprint density at radius 2 is 2.26 bits per heavy atom. The number of nitrogens with zero attached hydrogens (tertiary/aromatic N) is 2. The van der Waals surface area contributed by atoms with Crippen LogP contribution in [-0.4, -0.2) is 54.7 Å². The summed E-state index contributed by atoms with van der Waals surface area (Å²) in [5, 5.41) is 0. The minimum absolute atomic E-state index is 0.148. The zero-order chi connectivity index (χ0) is 13.8. The van der Waals surface area contributed by atoms with Gasteiger partial charge in [-0.3, -0.25) is 9.78 Å². The van der Waals surface area contributed by atoms with Crippen LogP contribution in [0.2, 0.25) is 0 Å². The summed E-state index contributed by atoms with van der Waals surface area (Å²) in [4.78, 5) is 29.3. The summed E-state index contributed by atoms with van der Waals surface area (Å²) in [6.45, 7) is 2.85. The zero-order valence-electron chi connectivity index (χ0n) is 11.0. The average Bonchev–Trinajstić information content (AvgIpc) is 2.46. The van der Waals surface area contributed by atoms with Crippen LogP contribution in [0.25, 0.3) is 0 Å². The molecular formula is C13H16N2O4. The van der Waals surface area contributed by atoms with Gasteiger partial charge in [-0.15, -0.1) is 0 Å². The molecule has 19 heavy (non-hydrogen) atoms. The monoisotopic (exact) mass is 264 g/mol. The van der Waals surface area contributed by atoms with E-state index in [4.69, 9.17) is 4.74 Å². The number of ether oxygens (including phenoxy) is 2. The number of methoxy groups -OCH3 is 1. The fourth-order valence-corrected chi connectivity index (χ4v) is 1.88. The Bertz CT molecular complexity index is 472. The van der Waals surface area contributed by atoms with Gasteiger partial charge in [0.05, 0.1) is 25.8 Å². The van der Waals surface area contributed by atoms with Crippen molar-refractivity contribution in [3.8, 4) is 0 Å². The fraction of sp³-hybridized carbons (Fsp3) is 0.462. The van der Waals surface area contributed by atoms with Gasteiger partial charge >= 0.3 is 5.97 Å². The Kier molecular flexibility index (Phi) is 4.11. The van der Waals surface area contributed by atoms with E-state index in [2.05, 4.69) is 9.72 Å². The number of hydrogen-bond acceptors (Lipinski definition) is 5. The van der Waals surface area contributed by atoms with Crippen LogP contribution in [0, 0.1) is 6.92 Å². The summed E-state index contributed by atoms with van der Waals surface area (Å²) in [6.07, 6.45) is 0.835. The standard InChI is InChI=1S/C13H16N2O4/c1-9-3-4-10(7-14-9)12(16)15-5-6-19-11(8-15)13(17)18-2/h3-4,7,11H,5-6,8H2,1-2H3. The van der Waals surface area contributed by atoms with Gasteiger partial charge in [0, 0.05) is 18.4 Å². The number of carbonyl (C=O) groups excluding carboxylic acids is 2. The molecule has 2 heterocycles. The van der Waals surface area contributed by atoms with Gasteiger partial charge in [-0.1, -0.05) is 0 Å². The van der Waals surface area contributed by atoms with Crippen molar-refractivity contribution in [1.29, 1.82) is 0 Å². The van der Waals surface area contributed by atoms with E-state index in [1.165, 1.54) is 7.11 Å². The second kappa shape index (κ2) is 5.79. The molecule has 0 N–H and O–H groups in total. The van der Waals surface area contributed by atoms with Gasteiger partial charge < -0.3 is 14.4 Å². The van der Waals surface area contributed by atoms with E-state index in [1.54, 1.807) is 23.2 Å². The Balaban J connectivity index is 2.06. The van der Waals surface area contributed by atoms with Crippen LogP contribution in [0.5, 0.6) is 0 Å². The molecule has 0 aliphatic carbocycles. The molecule has 1 aromatic rings. The minimum atomic E-state index is -0.707. The van der Waals surface area contributed by atoms with Crippen molar-refractivity contribution in [1.82, 2.24) is 9.88 Å². The number of morpholine rings is 1. The lowest BCUT2D eigenvalue weighted by atomic mass is 10.2. The third-order valence-electron chi connectivity index (χ3n) is 2.98. The van der Waals surface area contributed by atoms with Crippen LogP contribution in [0.4, 0.5) is 0 Å². The zero-order valence-corrected chi connectivity index (χ0v) is 11.0. The Morgan fingerprint density at radius 1 is 1.47 bits per heavy atom. The number of hydrogen-bond donors (Lipinski definition) is 0. The highest BCUT2D eigenvalue weighted by atomic mass is 16.6. The first-order chi connectivity index (χ1) is 9.11. The number of amides is 1. The molecule has 0 saturated carbocycles. The highest BCUT2D eigenvalue weighted by Gasteiger charge is 2.30. The van der Waals surface area contributed by atoms with Crippen molar-refractivity contribution in [3.05, 3.63) is 29.6 Å². The van der Waals surface area contributed by atoms with Gasteiger partial charge in [0.15, 0.2) is 6.10 Å². The normalized spacial score (nSPS) is 19.1. The molecular weight excluding hydrogens is 248 g/mol. The third kappa shape index (κ3) is 3.08.